The molecule has 39 heavy (non-hydrogen) atoms. The third-order valence-electron chi connectivity index (χ3n) is 5.82. The van der Waals surface area contributed by atoms with Gasteiger partial charge in [0, 0.05) is 27.9 Å². The molecule has 8 heteroatoms. The van der Waals surface area contributed by atoms with E-state index < -0.39 is 11.8 Å². The molecule has 198 valence electrons. The van der Waals surface area contributed by atoms with E-state index in [4.69, 9.17) is 4.42 Å². The first-order valence-corrected chi connectivity index (χ1v) is 13.5. The molecule has 3 aromatic carbocycles. The molecular formula is C31H29N3O4S. The predicted octanol–water partition coefficient (Wildman–Crippen LogP) is 6.29. The van der Waals surface area contributed by atoms with Gasteiger partial charge in [0.15, 0.2) is 0 Å². The second-order valence-electron chi connectivity index (χ2n) is 8.67. The molecule has 3 amide bonds. The smallest absolute Gasteiger partial charge is 0.272 e. The molecule has 1 aromatic heterocycles. The largest absolute Gasteiger partial charge is 0.465 e. The molecule has 7 nitrogen and oxygen atoms in total. The number of carbonyl (C=O) groups is 3. The Bertz CT molecular complexity index is 1480. The Kier molecular flexibility index (Phi) is 9.37. The molecule has 0 fully saturated rings. The van der Waals surface area contributed by atoms with E-state index in [2.05, 4.69) is 22.9 Å². The summed E-state index contributed by atoms with van der Waals surface area (Å²) >= 11 is 1.37. The fourth-order valence-electron chi connectivity index (χ4n) is 3.85. The highest BCUT2D eigenvalue weighted by atomic mass is 32.2. The average molecular weight is 540 g/mol. The van der Waals surface area contributed by atoms with Crippen LogP contribution in [-0.4, -0.2) is 23.5 Å². The summed E-state index contributed by atoms with van der Waals surface area (Å²) in [5.41, 5.74) is 3.95. The topological polar surface area (TPSA) is 100 Å². The van der Waals surface area contributed by atoms with Crippen LogP contribution in [0.25, 0.3) is 6.08 Å². The zero-order valence-electron chi connectivity index (χ0n) is 21.7. The number of hydrogen-bond donors (Lipinski definition) is 3. The lowest BCUT2D eigenvalue weighted by molar-refractivity contribution is -0.114. The predicted molar refractivity (Wildman–Crippen MR) is 156 cm³/mol. The van der Waals surface area contributed by atoms with Crippen LogP contribution < -0.4 is 16.0 Å². The van der Waals surface area contributed by atoms with Gasteiger partial charge in [0.25, 0.3) is 11.8 Å². The van der Waals surface area contributed by atoms with Gasteiger partial charge in [-0.1, -0.05) is 49.4 Å². The number of benzene rings is 3. The van der Waals surface area contributed by atoms with Gasteiger partial charge in [-0.3, -0.25) is 14.4 Å². The number of hydrogen-bond acceptors (Lipinski definition) is 5. The Morgan fingerprint density at radius 2 is 1.69 bits per heavy atom. The van der Waals surface area contributed by atoms with Crippen molar-refractivity contribution < 1.29 is 18.8 Å². The van der Waals surface area contributed by atoms with Crippen molar-refractivity contribution in [2.24, 2.45) is 0 Å². The molecule has 4 aromatic rings. The van der Waals surface area contributed by atoms with E-state index in [9.17, 15) is 14.4 Å². The standard InChI is InChI=1S/C31H29N3O4S/c1-3-22-13-7-10-21(2)29(22)34-28(35)20-39-26-16-8-14-24(18-26)32-31(37)27(19-25-15-9-17-38-25)33-30(36)23-11-5-4-6-12-23/h4-19H,3,20H2,1-2H3,(H,32,37)(H,33,36)(H,34,35)/b27-19-. The van der Waals surface area contributed by atoms with Crippen molar-refractivity contribution in [2.45, 2.75) is 25.2 Å². The Morgan fingerprint density at radius 1 is 0.897 bits per heavy atom. The van der Waals surface area contributed by atoms with Gasteiger partial charge in [-0.25, -0.2) is 0 Å². The third kappa shape index (κ3) is 7.72. The molecule has 0 bridgehead atoms. The van der Waals surface area contributed by atoms with Crippen LogP contribution in [0.4, 0.5) is 11.4 Å². The van der Waals surface area contributed by atoms with Gasteiger partial charge in [-0.15, -0.1) is 11.8 Å². The minimum atomic E-state index is -0.512. The maximum atomic E-state index is 13.2. The number of aryl methyl sites for hydroxylation is 2. The lowest BCUT2D eigenvalue weighted by Crippen LogP contribution is -2.30. The summed E-state index contributed by atoms with van der Waals surface area (Å²) < 4.78 is 5.34. The molecule has 0 atom stereocenters. The molecule has 0 spiro atoms. The first-order chi connectivity index (χ1) is 18.9. The summed E-state index contributed by atoms with van der Waals surface area (Å²) in [5.74, 6) is -0.401. The zero-order chi connectivity index (χ0) is 27.6. The van der Waals surface area contributed by atoms with Gasteiger partial charge in [-0.2, -0.15) is 0 Å². The Morgan fingerprint density at radius 3 is 2.44 bits per heavy atom. The van der Waals surface area contributed by atoms with Crippen LogP contribution in [-0.2, 0) is 16.0 Å². The van der Waals surface area contributed by atoms with E-state index in [1.165, 1.54) is 24.1 Å². The normalized spacial score (nSPS) is 11.1. The van der Waals surface area contributed by atoms with Crippen LogP contribution in [0.5, 0.6) is 0 Å². The number of thioether (sulfide) groups is 1. The molecule has 0 saturated carbocycles. The minimum Gasteiger partial charge on any atom is -0.465 e. The van der Waals surface area contributed by atoms with Crippen molar-refractivity contribution >= 4 is 46.9 Å². The van der Waals surface area contributed by atoms with E-state index in [0.29, 0.717) is 17.0 Å². The quantitative estimate of drug-likeness (QED) is 0.162. The highest BCUT2D eigenvalue weighted by Crippen LogP contribution is 2.24. The van der Waals surface area contributed by atoms with Crippen molar-refractivity contribution in [3.05, 3.63) is 119 Å². The molecule has 0 saturated heterocycles. The number of carbonyl (C=O) groups excluding carboxylic acids is 3. The molecule has 4 rings (SSSR count). The lowest BCUT2D eigenvalue weighted by Gasteiger charge is -2.13. The number of nitrogens with one attached hydrogen (secondary N) is 3. The first-order valence-electron chi connectivity index (χ1n) is 12.5. The zero-order valence-corrected chi connectivity index (χ0v) is 22.5. The van der Waals surface area contributed by atoms with Crippen LogP contribution in [0, 0.1) is 6.92 Å². The van der Waals surface area contributed by atoms with Gasteiger partial charge in [0.2, 0.25) is 5.91 Å². The Hall–Kier alpha value is -4.56. The molecule has 0 aliphatic heterocycles. The monoisotopic (exact) mass is 539 g/mol. The lowest BCUT2D eigenvalue weighted by atomic mass is 10.1. The summed E-state index contributed by atoms with van der Waals surface area (Å²) in [6.45, 7) is 4.03. The minimum absolute atomic E-state index is 0.0289. The van der Waals surface area contributed by atoms with Crippen molar-refractivity contribution in [2.75, 3.05) is 16.4 Å². The maximum absolute atomic E-state index is 13.2. The SMILES string of the molecule is CCc1cccc(C)c1NC(=O)CSc1cccc(NC(=O)/C(=C/c2ccco2)NC(=O)c2ccccc2)c1. The molecule has 0 unspecified atom stereocenters. The highest BCUT2D eigenvalue weighted by Gasteiger charge is 2.16. The van der Waals surface area contributed by atoms with Crippen molar-refractivity contribution in [3.63, 3.8) is 0 Å². The summed E-state index contributed by atoms with van der Waals surface area (Å²) in [7, 11) is 0. The van der Waals surface area contributed by atoms with E-state index in [1.54, 1.807) is 54.6 Å². The van der Waals surface area contributed by atoms with Crippen LogP contribution >= 0.6 is 11.8 Å². The Balaban J connectivity index is 1.42. The molecule has 0 aliphatic rings. The molecular weight excluding hydrogens is 510 g/mol. The number of rotatable bonds is 10. The van der Waals surface area contributed by atoms with Crippen LogP contribution in [0.1, 0.15) is 34.2 Å². The van der Waals surface area contributed by atoms with Crippen molar-refractivity contribution in [3.8, 4) is 0 Å². The molecule has 3 N–H and O–H groups in total. The van der Waals surface area contributed by atoms with Crippen LogP contribution in [0.2, 0.25) is 0 Å². The second kappa shape index (κ2) is 13.3. The molecule has 1 heterocycles. The van der Waals surface area contributed by atoms with Gasteiger partial charge < -0.3 is 20.4 Å². The summed E-state index contributed by atoms with van der Waals surface area (Å²) in [4.78, 5) is 39.4. The summed E-state index contributed by atoms with van der Waals surface area (Å²) in [5, 5.41) is 8.53. The van der Waals surface area contributed by atoms with Crippen LogP contribution in [0.15, 0.2) is 106 Å². The maximum Gasteiger partial charge on any atom is 0.272 e. The molecule has 0 aliphatic carbocycles. The van der Waals surface area contributed by atoms with Gasteiger partial charge >= 0.3 is 0 Å². The van der Waals surface area contributed by atoms with Gasteiger partial charge in [0.1, 0.15) is 11.5 Å². The fourth-order valence-corrected chi connectivity index (χ4v) is 4.60. The molecule has 0 radical (unpaired) electrons. The van der Waals surface area contributed by atoms with Gasteiger partial charge in [-0.05, 0) is 66.9 Å². The number of anilines is 2. The van der Waals surface area contributed by atoms with Crippen LogP contribution in [0.3, 0.4) is 0 Å². The van der Waals surface area contributed by atoms with Crippen molar-refractivity contribution in [1.29, 1.82) is 0 Å². The van der Waals surface area contributed by atoms with Crippen molar-refractivity contribution in [1.82, 2.24) is 5.32 Å². The fraction of sp³-hybridized carbons (Fsp3) is 0.129. The van der Waals surface area contributed by atoms with E-state index >= 15 is 0 Å². The van der Waals surface area contributed by atoms with Gasteiger partial charge in [0.05, 0.1) is 12.0 Å². The average Bonchev–Trinajstić information content (AvgIpc) is 3.46. The number of amides is 3. The number of furan rings is 1. The first kappa shape index (κ1) is 27.5. The van der Waals surface area contributed by atoms with E-state index in [-0.39, 0.29) is 17.4 Å². The second-order valence-corrected chi connectivity index (χ2v) is 9.72. The Labute approximate surface area is 231 Å². The number of para-hydroxylation sites is 1. The summed E-state index contributed by atoms with van der Waals surface area (Å²) in [6, 6.07) is 25.2. The van der Waals surface area contributed by atoms with E-state index in [0.717, 1.165) is 28.1 Å². The third-order valence-corrected chi connectivity index (χ3v) is 6.82. The van der Waals surface area contributed by atoms with E-state index in [1.807, 2.05) is 37.3 Å². The summed E-state index contributed by atoms with van der Waals surface area (Å²) in [6.07, 6.45) is 3.78. The highest BCUT2D eigenvalue weighted by molar-refractivity contribution is 8.00.